The van der Waals surface area contributed by atoms with Crippen LogP contribution >= 0.6 is 11.3 Å². The summed E-state index contributed by atoms with van der Waals surface area (Å²) in [6.07, 6.45) is 0.276. The third kappa shape index (κ3) is 4.62. The maximum Gasteiger partial charge on any atom is 0.416 e. The van der Waals surface area contributed by atoms with Crippen molar-refractivity contribution in [1.29, 1.82) is 0 Å². The number of carbonyl (C=O) groups is 3. The Morgan fingerprint density at radius 2 is 2.00 bits per heavy atom. The van der Waals surface area contributed by atoms with E-state index >= 15 is 0 Å². The van der Waals surface area contributed by atoms with Gasteiger partial charge in [-0.2, -0.15) is 13.2 Å². The zero-order valence-corrected chi connectivity index (χ0v) is 17.8. The molecule has 0 unspecified atom stereocenters. The third-order valence-corrected chi connectivity index (χ3v) is 6.61. The highest BCUT2D eigenvalue weighted by Crippen LogP contribution is 2.35. The quantitative estimate of drug-likeness (QED) is 0.631. The number of halogens is 3. The fraction of sp³-hybridized carbons (Fsp3) is 0.429. The molecule has 7 nitrogen and oxygen atoms in total. The molecule has 1 spiro atoms. The maximum absolute atomic E-state index is 12.9. The van der Waals surface area contributed by atoms with Gasteiger partial charge in [0.1, 0.15) is 5.54 Å². The maximum atomic E-state index is 12.9. The smallest absolute Gasteiger partial charge is 0.323 e. The SMILES string of the molecule is O=C(CCN1C(=O)NC2(CCCC2)C1=O)Nc1ncc(Cc2cccc(C(F)(F)F)c2)s1. The molecule has 2 fully saturated rings. The number of urea groups is 1. The Morgan fingerprint density at radius 1 is 1.25 bits per heavy atom. The van der Waals surface area contributed by atoms with E-state index in [4.69, 9.17) is 0 Å². The van der Waals surface area contributed by atoms with Gasteiger partial charge in [0.25, 0.3) is 5.91 Å². The number of thiazole rings is 1. The summed E-state index contributed by atoms with van der Waals surface area (Å²) in [5, 5.41) is 5.69. The van der Waals surface area contributed by atoms with Gasteiger partial charge in [-0.15, -0.1) is 11.3 Å². The van der Waals surface area contributed by atoms with Crippen LogP contribution in [0, 0.1) is 0 Å². The molecular formula is C21H21F3N4O3S. The second kappa shape index (κ2) is 8.53. The van der Waals surface area contributed by atoms with E-state index in [1.807, 2.05) is 0 Å². The molecule has 0 bridgehead atoms. The van der Waals surface area contributed by atoms with Crippen LogP contribution in [0.1, 0.15) is 48.1 Å². The lowest BCUT2D eigenvalue weighted by Crippen LogP contribution is -2.44. The van der Waals surface area contributed by atoms with Crippen molar-refractivity contribution in [3.05, 3.63) is 46.5 Å². The highest BCUT2D eigenvalue weighted by Gasteiger charge is 2.52. The van der Waals surface area contributed by atoms with Crippen molar-refractivity contribution < 1.29 is 27.6 Å². The van der Waals surface area contributed by atoms with Crippen LogP contribution in [0.25, 0.3) is 0 Å². The normalized spacial score (nSPS) is 17.8. The van der Waals surface area contributed by atoms with Crippen molar-refractivity contribution in [3.63, 3.8) is 0 Å². The zero-order chi connectivity index (χ0) is 22.9. The second-order valence-electron chi connectivity index (χ2n) is 7.98. The Hall–Kier alpha value is -2.95. The van der Waals surface area contributed by atoms with Gasteiger partial charge in [0, 0.05) is 30.5 Å². The molecule has 2 aromatic rings. The Morgan fingerprint density at radius 3 is 2.72 bits per heavy atom. The number of hydrogen-bond acceptors (Lipinski definition) is 5. The Kier molecular flexibility index (Phi) is 5.93. The first kappa shape index (κ1) is 22.3. The number of alkyl halides is 3. The molecule has 1 saturated heterocycles. The van der Waals surface area contributed by atoms with E-state index < -0.39 is 29.2 Å². The van der Waals surface area contributed by atoms with Crippen LogP contribution in [0.15, 0.2) is 30.5 Å². The lowest BCUT2D eigenvalue weighted by atomic mass is 9.98. The van der Waals surface area contributed by atoms with Gasteiger partial charge in [-0.1, -0.05) is 31.0 Å². The molecule has 0 atom stereocenters. The molecule has 0 radical (unpaired) electrons. The van der Waals surface area contributed by atoms with E-state index in [2.05, 4.69) is 15.6 Å². The first-order chi connectivity index (χ1) is 15.2. The van der Waals surface area contributed by atoms with Gasteiger partial charge < -0.3 is 10.6 Å². The number of rotatable bonds is 6. The van der Waals surface area contributed by atoms with E-state index in [1.165, 1.54) is 12.3 Å². The number of amides is 4. The number of imide groups is 1. The molecule has 2 aliphatic rings. The molecule has 4 amide bonds. The number of hydrogen-bond donors (Lipinski definition) is 2. The summed E-state index contributed by atoms with van der Waals surface area (Å²) in [4.78, 5) is 42.9. The molecule has 11 heteroatoms. The lowest BCUT2D eigenvalue weighted by Gasteiger charge is -2.19. The fourth-order valence-corrected chi connectivity index (χ4v) is 4.96. The first-order valence-corrected chi connectivity index (χ1v) is 11.0. The summed E-state index contributed by atoms with van der Waals surface area (Å²) in [5.74, 6) is -0.677. The summed E-state index contributed by atoms with van der Waals surface area (Å²) in [7, 11) is 0. The topological polar surface area (TPSA) is 91.4 Å². The third-order valence-electron chi connectivity index (χ3n) is 5.70. The largest absolute Gasteiger partial charge is 0.416 e. The number of anilines is 1. The molecular weight excluding hydrogens is 445 g/mol. The zero-order valence-electron chi connectivity index (χ0n) is 17.0. The van der Waals surface area contributed by atoms with Gasteiger partial charge in [-0.25, -0.2) is 9.78 Å². The minimum atomic E-state index is -4.41. The van der Waals surface area contributed by atoms with E-state index in [0.29, 0.717) is 28.4 Å². The van der Waals surface area contributed by atoms with Crippen molar-refractivity contribution in [2.45, 2.75) is 50.2 Å². The van der Waals surface area contributed by atoms with Crippen molar-refractivity contribution >= 4 is 34.3 Å². The lowest BCUT2D eigenvalue weighted by molar-refractivity contribution is -0.137. The van der Waals surface area contributed by atoms with Gasteiger partial charge >= 0.3 is 12.2 Å². The van der Waals surface area contributed by atoms with Gasteiger partial charge in [0.05, 0.1) is 5.56 Å². The number of aromatic nitrogens is 1. The molecule has 2 N–H and O–H groups in total. The monoisotopic (exact) mass is 466 g/mol. The average molecular weight is 466 g/mol. The number of nitrogens with one attached hydrogen (secondary N) is 2. The van der Waals surface area contributed by atoms with E-state index in [1.54, 1.807) is 6.07 Å². The van der Waals surface area contributed by atoms with Crippen LogP contribution in [-0.4, -0.2) is 39.8 Å². The summed E-state index contributed by atoms with van der Waals surface area (Å²) in [6, 6.07) is 4.59. The fourth-order valence-electron chi connectivity index (χ4n) is 4.10. The number of carbonyl (C=O) groups excluding carboxylic acids is 3. The summed E-state index contributed by atoms with van der Waals surface area (Å²) in [6.45, 7) is -0.0271. The highest BCUT2D eigenvalue weighted by molar-refractivity contribution is 7.15. The van der Waals surface area contributed by atoms with Gasteiger partial charge in [-0.3, -0.25) is 14.5 Å². The molecule has 2 heterocycles. The predicted molar refractivity (Wildman–Crippen MR) is 111 cm³/mol. The summed E-state index contributed by atoms with van der Waals surface area (Å²) in [5.41, 5.74) is -1.03. The van der Waals surface area contributed by atoms with Gasteiger partial charge in [-0.05, 0) is 24.5 Å². The van der Waals surface area contributed by atoms with Gasteiger partial charge in [0.15, 0.2) is 5.13 Å². The van der Waals surface area contributed by atoms with Crippen LogP contribution < -0.4 is 10.6 Å². The molecule has 1 aromatic carbocycles. The molecule has 1 aliphatic carbocycles. The van der Waals surface area contributed by atoms with Crippen molar-refractivity contribution in [3.8, 4) is 0 Å². The Bertz CT molecular complexity index is 1050. The van der Waals surface area contributed by atoms with Crippen LogP contribution in [-0.2, 0) is 22.2 Å². The first-order valence-electron chi connectivity index (χ1n) is 10.2. The molecule has 170 valence electrons. The van der Waals surface area contributed by atoms with Crippen molar-refractivity contribution in [2.75, 3.05) is 11.9 Å². The molecule has 1 aliphatic heterocycles. The number of nitrogens with zero attached hydrogens (tertiary/aromatic N) is 2. The minimum absolute atomic E-state index is 0.0271. The van der Waals surface area contributed by atoms with Gasteiger partial charge in [0.2, 0.25) is 5.91 Å². The van der Waals surface area contributed by atoms with Crippen LogP contribution in [0.4, 0.5) is 23.1 Å². The predicted octanol–water partition coefficient (Wildman–Crippen LogP) is 3.95. The average Bonchev–Trinajstić information content (AvgIpc) is 3.42. The van der Waals surface area contributed by atoms with Crippen molar-refractivity contribution in [2.24, 2.45) is 0 Å². The van der Waals surface area contributed by atoms with Crippen LogP contribution in [0.5, 0.6) is 0 Å². The van der Waals surface area contributed by atoms with E-state index in [0.717, 1.165) is 41.2 Å². The standard InChI is InChI=1S/C21H21F3N4O3S/c22-21(23,24)14-5-3-4-13(10-14)11-15-12-25-18(32-15)26-16(29)6-9-28-17(30)20(27-19(28)31)7-1-2-8-20/h3-5,10,12H,1-2,6-9,11H2,(H,27,31)(H,25,26,29). The number of benzene rings is 1. The Labute approximate surface area is 186 Å². The minimum Gasteiger partial charge on any atom is -0.323 e. The highest BCUT2D eigenvalue weighted by atomic mass is 32.1. The van der Waals surface area contributed by atoms with Crippen LogP contribution in [0.2, 0.25) is 0 Å². The van der Waals surface area contributed by atoms with E-state index in [9.17, 15) is 27.6 Å². The summed E-state index contributed by atoms with van der Waals surface area (Å²) >= 11 is 1.16. The Balaban J connectivity index is 1.31. The molecule has 32 heavy (non-hydrogen) atoms. The summed E-state index contributed by atoms with van der Waals surface area (Å²) < 4.78 is 38.6. The molecule has 1 aromatic heterocycles. The van der Waals surface area contributed by atoms with E-state index in [-0.39, 0.29) is 25.3 Å². The second-order valence-corrected chi connectivity index (χ2v) is 9.10. The molecule has 1 saturated carbocycles. The van der Waals surface area contributed by atoms with Crippen LogP contribution in [0.3, 0.4) is 0 Å². The van der Waals surface area contributed by atoms with Crippen molar-refractivity contribution in [1.82, 2.24) is 15.2 Å². The molecule has 4 rings (SSSR count).